The van der Waals surface area contributed by atoms with Crippen molar-refractivity contribution in [3.05, 3.63) is 46.9 Å². The van der Waals surface area contributed by atoms with Gasteiger partial charge in [-0.15, -0.1) is 0 Å². The molecule has 0 amide bonds. The summed E-state index contributed by atoms with van der Waals surface area (Å²) in [6.45, 7) is 1.10. The second kappa shape index (κ2) is 8.44. The van der Waals surface area contributed by atoms with Gasteiger partial charge in [-0.25, -0.2) is 18.6 Å². The lowest BCUT2D eigenvalue weighted by Gasteiger charge is -2.17. The van der Waals surface area contributed by atoms with Crippen LogP contribution in [-0.4, -0.2) is 46.0 Å². The first-order valence-corrected chi connectivity index (χ1v) is 12.3. The van der Waals surface area contributed by atoms with Gasteiger partial charge in [0.05, 0.1) is 35.5 Å². The summed E-state index contributed by atoms with van der Waals surface area (Å²) in [5.41, 5.74) is 1.76. The quantitative estimate of drug-likeness (QED) is 0.548. The number of fused-ring (bicyclic) bond motifs is 1. The third-order valence-corrected chi connectivity index (χ3v) is 5.65. The molecule has 0 unspecified atom stereocenters. The molecule has 7 nitrogen and oxygen atoms in total. The van der Waals surface area contributed by atoms with Crippen LogP contribution in [0.2, 0.25) is 0 Å². The fraction of sp³-hybridized carbons (Fsp3) is 0.300. The molecule has 2 heterocycles. The molecule has 1 aromatic heterocycles. The van der Waals surface area contributed by atoms with E-state index in [4.69, 9.17) is 9.47 Å². The lowest BCUT2D eigenvalue weighted by atomic mass is 10.2. The molecule has 158 valence electrons. The van der Waals surface area contributed by atoms with Crippen LogP contribution in [-0.2, 0) is 14.5 Å². The maximum absolute atomic E-state index is 13.9. The minimum atomic E-state index is -2.31. The Kier molecular flexibility index (Phi) is 5.90. The zero-order valence-electron chi connectivity index (χ0n) is 16.4. The first kappa shape index (κ1) is 21.0. The minimum absolute atomic E-state index is 0.122. The van der Waals surface area contributed by atoms with Gasteiger partial charge in [-0.1, -0.05) is 0 Å². The maximum atomic E-state index is 13.9. The zero-order valence-corrected chi connectivity index (χ0v) is 18.8. The lowest BCUT2D eigenvalue weighted by Crippen LogP contribution is -2.16. The number of aromatic nitrogens is 2. The molecule has 1 saturated heterocycles. The molecule has 0 bridgehead atoms. The Morgan fingerprint density at radius 2 is 2.13 bits per heavy atom. The van der Waals surface area contributed by atoms with E-state index in [1.54, 1.807) is 30.7 Å². The molecule has 1 aliphatic heterocycles. The van der Waals surface area contributed by atoms with E-state index >= 15 is 0 Å². The van der Waals surface area contributed by atoms with Gasteiger partial charge in [-0.3, -0.25) is 0 Å². The van der Waals surface area contributed by atoms with Gasteiger partial charge in [0.1, 0.15) is 29.8 Å². The Hall–Kier alpha value is -2.30. The molecule has 4 rings (SSSR count). The van der Waals surface area contributed by atoms with Gasteiger partial charge in [0.25, 0.3) is 0 Å². The van der Waals surface area contributed by atoms with Crippen LogP contribution in [0.3, 0.4) is 0 Å². The van der Waals surface area contributed by atoms with Crippen LogP contribution >= 0.6 is 15.9 Å². The van der Waals surface area contributed by atoms with Crippen LogP contribution in [0.5, 0.6) is 5.75 Å². The largest absolute Gasteiger partial charge is 0.486 e. The maximum Gasteiger partial charge on any atom is 0.146 e. The van der Waals surface area contributed by atoms with E-state index in [1.807, 2.05) is 0 Å². The van der Waals surface area contributed by atoms with Gasteiger partial charge in [-0.2, -0.15) is 4.36 Å². The molecule has 2 aromatic carbocycles. The highest BCUT2D eigenvalue weighted by Gasteiger charge is 2.20. The molecule has 1 aliphatic rings. The molecule has 1 N–H and O–H groups in total. The molecule has 0 saturated carbocycles. The van der Waals surface area contributed by atoms with Gasteiger partial charge < -0.3 is 14.8 Å². The zero-order chi connectivity index (χ0) is 21.3. The lowest BCUT2D eigenvalue weighted by molar-refractivity contribution is 0.141. The van der Waals surface area contributed by atoms with Crippen LogP contribution in [0.15, 0.2) is 45.5 Å². The molecule has 30 heavy (non-hydrogen) atoms. The summed E-state index contributed by atoms with van der Waals surface area (Å²) in [4.78, 5) is 8.66. The Morgan fingerprint density at radius 3 is 2.87 bits per heavy atom. The predicted octanol–water partition coefficient (Wildman–Crippen LogP) is 4.80. The van der Waals surface area contributed by atoms with Crippen molar-refractivity contribution < 1.29 is 18.1 Å². The smallest absolute Gasteiger partial charge is 0.146 e. The normalized spacial score (nSPS) is 16.6. The Morgan fingerprint density at radius 1 is 1.30 bits per heavy atom. The number of hydrogen-bond acceptors (Lipinski definition) is 7. The van der Waals surface area contributed by atoms with Gasteiger partial charge in [-0.05, 0) is 40.2 Å². The van der Waals surface area contributed by atoms with E-state index in [9.17, 15) is 8.60 Å². The molecular weight excluding hydrogens is 475 g/mol. The number of anilines is 2. The van der Waals surface area contributed by atoms with Crippen LogP contribution in [0, 0.1) is 5.82 Å². The Balaban J connectivity index is 1.73. The Bertz CT molecular complexity index is 1220. The van der Waals surface area contributed by atoms with E-state index in [0.29, 0.717) is 46.1 Å². The van der Waals surface area contributed by atoms with Crippen molar-refractivity contribution in [3.8, 4) is 5.75 Å². The van der Waals surface area contributed by atoms with Gasteiger partial charge in [0.2, 0.25) is 0 Å². The number of nitrogens with zero attached hydrogens (tertiary/aromatic N) is 3. The molecule has 1 fully saturated rings. The van der Waals surface area contributed by atoms with E-state index in [-0.39, 0.29) is 6.10 Å². The molecular formula is C20H20BrFN4O3S. The molecule has 0 aliphatic carbocycles. The van der Waals surface area contributed by atoms with Crippen molar-refractivity contribution >= 4 is 53.8 Å². The first-order valence-electron chi connectivity index (χ1n) is 9.21. The molecule has 10 heteroatoms. The number of nitrogens with one attached hydrogen (secondary N) is 1. The van der Waals surface area contributed by atoms with E-state index in [0.717, 1.165) is 11.8 Å². The topological polar surface area (TPSA) is 85.7 Å². The third kappa shape index (κ3) is 4.88. The van der Waals surface area contributed by atoms with Crippen molar-refractivity contribution in [2.75, 3.05) is 31.0 Å². The summed E-state index contributed by atoms with van der Waals surface area (Å²) in [6, 6.07) is 7.82. The summed E-state index contributed by atoms with van der Waals surface area (Å²) >= 11 is 3.54. The number of halogens is 2. The van der Waals surface area contributed by atoms with Crippen LogP contribution in [0.4, 0.5) is 21.6 Å². The van der Waals surface area contributed by atoms with Crippen molar-refractivity contribution in [1.82, 2.24) is 9.97 Å². The van der Waals surface area contributed by atoms with Crippen molar-refractivity contribution in [3.63, 3.8) is 0 Å². The molecule has 1 atom stereocenters. The summed E-state index contributed by atoms with van der Waals surface area (Å²) in [7, 11) is -2.31. The summed E-state index contributed by atoms with van der Waals surface area (Å²) in [5, 5.41) is 3.94. The highest BCUT2D eigenvalue weighted by atomic mass is 79.9. The SMILES string of the molecule is CS(C)(=O)=Nc1cc(Br)c2c(Nc3ccc(F)cc3O[C@H]3CCOC3)ncnc2c1. The van der Waals surface area contributed by atoms with Gasteiger partial charge >= 0.3 is 0 Å². The fourth-order valence-corrected chi connectivity index (χ4v) is 4.38. The number of benzene rings is 2. The molecule has 0 radical (unpaired) electrons. The minimum Gasteiger partial charge on any atom is -0.486 e. The predicted molar refractivity (Wildman–Crippen MR) is 119 cm³/mol. The van der Waals surface area contributed by atoms with Crippen molar-refractivity contribution in [1.29, 1.82) is 0 Å². The summed E-state index contributed by atoms with van der Waals surface area (Å²) in [6.07, 6.45) is 5.20. The average molecular weight is 495 g/mol. The molecule has 3 aromatic rings. The average Bonchev–Trinajstić information content (AvgIpc) is 3.15. The number of hydrogen-bond donors (Lipinski definition) is 1. The standard InChI is InChI=1S/C20H20BrFN4O3S/c1-30(2,27)26-13-8-15(21)19-17(9-13)23-11-24-20(19)25-16-4-3-12(22)7-18(16)29-14-5-6-28-10-14/h3-4,7-9,11,14H,5-6,10H2,1-2H3,(H,23,24,25)/t14-/m0/s1. The van der Waals surface area contributed by atoms with Gasteiger partial charge in [0, 0.05) is 39.2 Å². The van der Waals surface area contributed by atoms with Crippen LogP contribution < -0.4 is 10.1 Å². The summed E-state index contributed by atoms with van der Waals surface area (Å²) < 4.78 is 42.1. The highest BCUT2D eigenvalue weighted by molar-refractivity contribution is 9.10. The number of rotatable bonds is 5. The van der Waals surface area contributed by atoms with Gasteiger partial charge in [0.15, 0.2) is 0 Å². The highest BCUT2D eigenvalue weighted by Crippen LogP contribution is 2.36. The monoisotopic (exact) mass is 494 g/mol. The molecule has 0 spiro atoms. The van der Waals surface area contributed by atoms with E-state index in [1.165, 1.54) is 18.5 Å². The van der Waals surface area contributed by atoms with E-state index in [2.05, 4.69) is 35.6 Å². The van der Waals surface area contributed by atoms with Crippen LogP contribution in [0.1, 0.15) is 6.42 Å². The van der Waals surface area contributed by atoms with Crippen molar-refractivity contribution in [2.45, 2.75) is 12.5 Å². The summed E-state index contributed by atoms with van der Waals surface area (Å²) in [5.74, 6) is 0.514. The van der Waals surface area contributed by atoms with Crippen LogP contribution in [0.25, 0.3) is 10.9 Å². The van der Waals surface area contributed by atoms with Crippen molar-refractivity contribution in [2.24, 2.45) is 4.36 Å². The van der Waals surface area contributed by atoms with E-state index < -0.39 is 15.5 Å². The fourth-order valence-electron chi connectivity index (χ4n) is 3.14. The number of ether oxygens (including phenoxy) is 2. The Labute approximate surface area is 182 Å². The first-order chi connectivity index (χ1) is 14.3. The second-order valence-electron chi connectivity index (χ2n) is 7.19. The second-order valence-corrected chi connectivity index (χ2v) is 10.6. The third-order valence-electron chi connectivity index (χ3n) is 4.38.